The topological polar surface area (TPSA) is 46.5 Å². The van der Waals surface area contributed by atoms with E-state index in [0.29, 0.717) is 12.4 Å². The predicted molar refractivity (Wildman–Crippen MR) is 83.6 cm³/mol. The predicted octanol–water partition coefficient (Wildman–Crippen LogP) is 3.26. The van der Waals surface area contributed by atoms with E-state index in [0.717, 1.165) is 5.75 Å². The zero-order valence-electron chi connectivity index (χ0n) is 12.7. The fourth-order valence-corrected chi connectivity index (χ4v) is 2.94. The summed E-state index contributed by atoms with van der Waals surface area (Å²) in [6, 6.07) is 10.1. The number of hydrogen-bond donors (Lipinski definition) is 1. The number of ether oxygens (including phenoxy) is 1. The monoisotopic (exact) mass is 296 g/mol. The molecular formula is C16H24O3S. The molecule has 112 valence electrons. The second-order valence-electron chi connectivity index (χ2n) is 5.60. The summed E-state index contributed by atoms with van der Waals surface area (Å²) in [7, 11) is 0. The van der Waals surface area contributed by atoms with Gasteiger partial charge in [0.15, 0.2) is 0 Å². The van der Waals surface area contributed by atoms with Gasteiger partial charge in [-0.25, -0.2) is 0 Å². The first-order valence-electron chi connectivity index (χ1n) is 6.82. The molecule has 0 aliphatic heterocycles. The van der Waals surface area contributed by atoms with Crippen molar-refractivity contribution in [2.45, 2.75) is 39.0 Å². The fourth-order valence-electron chi connectivity index (χ4n) is 1.65. The zero-order chi connectivity index (χ0) is 15.2. The quantitative estimate of drug-likeness (QED) is 0.785. The molecule has 1 atom stereocenters. The van der Waals surface area contributed by atoms with Crippen molar-refractivity contribution in [2.24, 2.45) is 5.41 Å². The molecule has 4 heteroatoms. The van der Waals surface area contributed by atoms with Crippen LogP contribution in [-0.4, -0.2) is 29.0 Å². The molecule has 0 saturated heterocycles. The van der Waals surface area contributed by atoms with Gasteiger partial charge in [0.2, 0.25) is 0 Å². The number of esters is 1. The van der Waals surface area contributed by atoms with Gasteiger partial charge in [-0.05, 0) is 33.3 Å². The van der Waals surface area contributed by atoms with E-state index in [9.17, 15) is 9.90 Å². The average Bonchev–Trinajstić information content (AvgIpc) is 2.39. The van der Waals surface area contributed by atoms with Crippen molar-refractivity contribution in [3.8, 4) is 0 Å². The Labute approximate surface area is 125 Å². The van der Waals surface area contributed by atoms with E-state index in [2.05, 4.69) is 12.1 Å². The van der Waals surface area contributed by atoms with Gasteiger partial charge in [-0.15, -0.1) is 0 Å². The molecule has 0 amide bonds. The average molecular weight is 296 g/mol. The third kappa shape index (κ3) is 4.25. The molecule has 3 nitrogen and oxygen atoms in total. The number of carbonyl (C=O) groups excluding carboxylic acids is 1. The maximum absolute atomic E-state index is 12.0. The standard InChI is InChI=1S/C16H24O3S/c1-5-19-14(17)15(2,3)16(4,18)12-20-11-13-9-7-6-8-10-13/h6-10,18H,5,11-12H2,1-4H3. The molecule has 0 radical (unpaired) electrons. The SMILES string of the molecule is CCOC(=O)C(C)(C)C(C)(O)CSCc1ccccc1. The minimum atomic E-state index is -1.11. The van der Waals surface area contributed by atoms with Crippen molar-refractivity contribution in [1.82, 2.24) is 0 Å². The Morgan fingerprint density at radius 1 is 1.25 bits per heavy atom. The largest absolute Gasteiger partial charge is 0.465 e. The lowest BCUT2D eigenvalue weighted by Crippen LogP contribution is -2.50. The highest BCUT2D eigenvalue weighted by Gasteiger charge is 2.46. The van der Waals surface area contributed by atoms with Crippen LogP contribution in [0.25, 0.3) is 0 Å². The van der Waals surface area contributed by atoms with Gasteiger partial charge in [-0.2, -0.15) is 11.8 Å². The van der Waals surface area contributed by atoms with E-state index in [4.69, 9.17) is 4.74 Å². The molecule has 0 heterocycles. The van der Waals surface area contributed by atoms with Crippen LogP contribution < -0.4 is 0 Å². The number of rotatable bonds is 7. The minimum Gasteiger partial charge on any atom is -0.465 e. The summed E-state index contributed by atoms with van der Waals surface area (Å²) < 4.78 is 5.05. The smallest absolute Gasteiger partial charge is 0.314 e. The minimum absolute atomic E-state index is 0.329. The van der Waals surface area contributed by atoms with Crippen LogP contribution in [0.4, 0.5) is 0 Å². The summed E-state index contributed by atoms with van der Waals surface area (Å²) in [5, 5.41) is 10.6. The molecule has 0 spiro atoms. The van der Waals surface area contributed by atoms with Crippen molar-refractivity contribution in [3.05, 3.63) is 35.9 Å². The second-order valence-corrected chi connectivity index (χ2v) is 6.58. The number of benzene rings is 1. The molecule has 0 aliphatic carbocycles. The number of carbonyl (C=O) groups is 1. The van der Waals surface area contributed by atoms with Crippen LogP contribution in [0.5, 0.6) is 0 Å². The van der Waals surface area contributed by atoms with Crippen LogP contribution in [0.3, 0.4) is 0 Å². The van der Waals surface area contributed by atoms with Gasteiger partial charge in [0.05, 0.1) is 17.6 Å². The van der Waals surface area contributed by atoms with Crippen LogP contribution in [-0.2, 0) is 15.3 Å². The summed E-state index contributed by atoms with van der Waals surface area (Å²) in [6.45, 7) is 7.26. The highest BCUT2D eigenvalue weighted by atomic mass is 32.2. The Morgan fingerprint density at radius 2 is 1.85 bits per heavy atom. The highest BCUT2D eigenvalue weighted by Crippen LogP contribution is 2.35. The van der Waals surface area contributed by atoms with E-state index in [1.165, 1.54) is 5.56 Å². The Hall–Kier alpha value is -1.00. The Morgan fingerprint density at radius 3 is 2.40 bits per heavy atom. The molecule has 0 bridgehead atoms. The zero-order valence-corrected chi connectivity index (χ0v) is 13.5. The fraction of sp³-hybridized carbons (Fsp3) is 0.562. The van der Waals surface area contributed by atoms with E-state index in [1.807, 2.05) is 18.2 Å². The van der Waals surface area contributed by atoms with Gasteiger partial charge in [0.25, 0.3) is 0 Å². The lowest BCUT2D eigenvalue weighted by molar-refractivity contribution is -0.166. The van der Waals surface area contributed by atoms with E-state index in [-0.39, 0.29) is 5.97 Å². The summed E-state index contributed by atoms with van der Waals surface area (Å²) >= 11 is 1.62. The third-order valence-corrected chi connectivity index (χ3v) is 4.93. The lowest BCUT2D eigenvalue weighted by atomic mass is 9.77. The molecule has 20 heavy (non-hydrogen) atoms. The molecular weight excluding hydrogens is 272 g/mol. The molecule has 0 aromatic heterocycles. The van der Waals surface area contributed by atoms with Gasteiger partial charge in [-0.3, -0.25) is 4.79 Å². The molecule has 0 saturated carbocycles. The van der Waals surface area contributed by atoms with Gasteiger partial charge in [0, 0.05) is 11.5 Å². The van der Waals surface area contributed by atoms with Crippen molar-refractivity contribution in [3.63, 3.8) is 0 Å². The molecule has 1 aromatic carbocycles. The Balaban J connectivity index is 2.58. The van der Waals surface area contributed by atoms with Gasteiger partial charge < -0.3 is 9.84 Å². The van der Waals surface area contributed by atoms with E-state index < -0.39 is 11.0 Å². The number of hydrogen-bond acceptors (Lipinski definition) is 4. The van der Waals surface area contributed by atoms with Gasteiger partial charge in [-0.1, -0.05) is 30.3 Å². The molecule has 1 N–H and O–H groups in total. The van der Waals surface area contributed by atoms with Crippen LogP contribution >= 0.6 is 11.8 Å². The van der Waals surface area contributed by atoms with Crippen molar-refractivity contribution in [1.29, 1.82) is 0 Å². The van der Waals surface area contributed by atoms with Gasteiger partial charge >= 0.3 is 5.97 Å². The van der Waals surface area contributed by atoms with Crippen LogP contribution in [0.1, 0.15) is 33.3 Å². The molecule has 1 unspecified atom stereocenters. The molecule has 1 aromatic rings. The highest BCUT2D eigenvalue weighted by molar-refractivity contribution is 7.98. The first-order valence-corrected chi connectivity index (χ1v) is 7.98. The lowest BCUT2D eigenvalue weighted by Gasteiger charge is -2.37. The summed E-state index contributed by atoms with van der Waals surface area (Å²) in [4.78, 5) is 12.0. The van der Waals surface area contributed by atoms with Crippen molar-refractivity contribution < 1.29 is 14.6 Å². The number of aliphatic hydroxyl groups is 1. The normalized spacial score (nSPS) is 14.7. The van der Waals surface area contributed by atoms with Crippen molar-refractivity contribution in [2.75, 3.05) is 12.4 Å². The van der Waals surface area contributed by atoms with Crippen LogP contribution in [0.15, 0.2) is 30.3 Å². The van der Waals surface area contributed by atoms with E-state index in [1.54, 1.807) is 39.5 Å². The van der Waals surface area contributed by atoms with E-state index >= 15 is 0 Å². The summed E-state index contributed by atoms with van der Waals surface area (Å²) in [5.41, 5.74) is -0.826. The van der Waals surface area contributed by atoms with Crippen molar-refractivity contribution >= 4 is 17.7 Å². The van der Waals surface area contributed by atoms with Gasteiger partial charge in [0.1, 0.15) is 0 Å². The Kier molecular flexibility index (Phi) is 6.08. The maximum Gasteiger partial charge on any atom is 0.314 e. The summed E-state index contributed by atoms with van der Waals surface area (Å²) in [5.74, 6) is 0.939. The molecule has 0 aliphatic rings. The molecule has 0 fully saturated rings. The summed E-state index contributed by atoms with van der Waals surface area (Å²) in [6.07, 6.45) is 0. The molecule has 1 rings (SSSR count). The first-order chi connectivity index (χ1) is 9.31. The maximum atomic E-state index is 12.0. The first kappa shape index (κ1) is 17.1. The second kappa shape index (κ2) is 7.14. The Bertz CT molecular complexity index is 427. The third-order valence-electron chi connectivity index (χ3n) is 3.63. The van der Waals surface area contributed by atoms with Crippen LogP contribution in [0.2, 0.25) is 0 Å². The van der Waals surface area contributed by atoms with Crippen LogP contribution in [0, 0.1) is 5.41 Å². The number of thioether (sulfide) groups is 1.